The van der Waals surface area contributed by atoms with Crippen LogP contribution in [-0.2, 0) is 6.42 Å². The minimum absolute atomic E-state index is 0.255. The lowest BCUT2D eigenvalue weighted by Gasteiger charge is -2.05. The van der Waals surface area contributed by atoms with Crippen LogP contribution in [0.2, 0.25) is 0 Å². The summed E-state index contributed by atoms with van der Waals surface area (Å²) in [7, 11) is 0. The third kappa shape index (κ3) is 2.00. The molecule has 4 heteroatoms. The second-order valence-corrected chi connectivity index (χ2v) is 5.40. The van der Waals surface area contributed by atoms with Crippen molar-refractivity contribution in [1.29, 1.82) is 0 Å². The van der Waals surface area contributed by atoms with Crippen molar-refractivity contribution >= 4 is 11.5 Å². The van der Waals surface area contributed by atoms with Crippen molar-refractivity contribution in [2.45, 2.75) is 13.3 Å². The zero-order chi connectivity index (χ0) is 14.4. The van der Waals surface area contributed by atoms with Crippen LogP contribution in [0.3, 0.4) is 0 Å². The van der Waals surface area contributed by atoms with Gasteiger partial charge in [-0.2, -0.15) is 5.10 Å². The lowest BCUT2D eigenvalue weighted by Crippen LogP contribution is -1.95. The first-order valence-corrected chi connectivity index (χ1v) is 6.90. The minimum Gasteiger partial charge on any atom is -0.340 e. The molecule has 1 aliphatic rings. The van der Waals surface area contributed by atoms with Crippen molar-refractivity contribution in [3.05, 3.63) is 65.0 Å². The largest absolute Gasteiger partial charge is 0.340 e. The highest BCUT2D eigenvalue weighted by Crippen LogP contribution is 2.39. The first-order valence-electron chi connectivity index (χ1n) is 6.90. The van der Waals surface area contributed by atoms with Gasteiger partial charge in [0, 0.05) is 23.2 Å². The number of rotatable bonds is 2. The highest BCUT2D eigenvalue weighted by atomic mass is 19.1. The van der Waals surface area contributed by atoms with Gasteiger partial charge in [0.1, 0.15) is 11.6 Å². The highest BCUT2D eigenvalue weighted by molar-refractivity contribution is 5.80. The van der Waals surface area contributed by atoms with Gasteiger partial charge in [0.15, 0.2) is 0 Å². The van der Waals surface area contributed by atoms with Gasteiger partial charge in [-0.1, -0.05) is 23.8 Å². The van der Waals surface area contributed by atoms with E-state index in [4.69, 9.17) is 0 Å². The number of fused-ring (bicyclic) bond motifs is 3. The summed E-state index contributed by atoms with van der Waals surface area (Å²) < 4.78 is 13.3. The highest BCUT2D eigenvalue weighted by Gasteiger charge is 2.24. The fourth-order valence-electron chi connectivity index (χ4n) is 2.83. The Morgan fingerprint density at radius 1 is 1.19 bits per heavy atom. The van der Waals surface area contributed by atoms with Crippen molar-refractivity contribution in [3.63, 3.8) is 0 Å². The molecule has 0 unspecified atom stereocenters. The minimum atomic E-state index is -0.255. The normalized spacial score (nSPS) is 12.1. The lowest BCUT2D eigenvalue weighted by molar-refractivity contribution is 0.628. The standard InChI is InChI=1S/C17H14FN3/c1-10-5-6-11-8-15-16(14(11)7-10)20-21-17(15)19-13-4-2-3-12(18)9-13/h2-7,9H,8H2,1H3,(H2,19,20,21). The summed E-state index contributed by atoms with van der Waals surface area (Å²) in [5, 5.41) is 10.7. The third-order valence-electron chi connectivity index (χ3n) is 3.85. The molecule has 2 aromatic carbocycles. The maximum atomic E-state index is 13.3. The van der Waals surface area contributed by atoms with E-state index in [0.29, 0.717) is 5.69 Å². The fourth-order valence-corrected chi connectivity index (χ4v) is 2.83. The topological polar surface area (TPSA) is 40.7 Å². The molecule has 0 spiro atoms. The average Bonchev–Trinajstić information content (AvgIpc) is 2.99. The maximum Gasteiger partial charge on any atom is 0.130 e. The predicted molar refractivity (Wildman–Crippen MR) is 81.2 cm³/mol. The van der Waals surface area contributed by atoms with Crippen molar-refractivity contribution < 1.29 is 4.39 Å². The molecule has 0 atom stereocenters. The lowest BCUT2D eigenvalue weighted by atomic mass is 10.1. The zero-order valence-electron chi connectivity index (χ0n) is 11.6. The van der Waals surface area contributed by atoms with Crippen molar-refractivity contribution in [3.8, 4) is 11.3 Å². The predicted octanol–water partition coefficient (Wildman–Crippen LogP) is 4.17. The number of halogens is 1. The number of hydrogen-bond acceptors (Lipinski definition) is 2. The van der Waals surface area contributed by atoms with Crippen LogP contribution in [0.5, 0.6) is 0 Å². The monoisotopic (exact) mass is 279 g/mol. The molecule has 4 rings (SSSR count). The van der Waals surface area contributed by atoms with Crippen LogP contribution >= 0.6 is 0 Å². The third-order valence-corrected chi connectivity index (χ3v) is 3.85. The Labute approximate surface area is 121 Å². The van der Waals surface area contributed by atoms with Crippen molar-refractivity contribution in [2.75, 3.05) is 5.32 Å². The summed E-state index contributed by atoms with van der Waals surface area (Å²) in [6, 6.07) is 12.9. The smallest absolute Gasteiger partial charge is 0.130 e. The van der Waals surface area contributed by atoms with Crippen LogP contribution in [0, 0.1) is 12.7 Å². The van der Waals surface area contributed by atoms with Gasteiger partial charge < -0.3 is 5.32 Å². The van der Waals surface area contributed by atoms with Crippen molar-refractivity contribution in [1.82, 2.24) is 10.2 Å². The van der Waals surface area contributed by atoms with Crippen LogP contribution in [-0.4, -0.2) is 10.2 Å². The molecule has 3 aromatic rings. The van der Waals surface area contributed by atoms with E-state index < -0.39 is 0 Å². The van der Waals surface area contributed by atoms with Crippen LogP contribution in [0.1, 0.15) is 16.7 Å². The van der Waals surface area contributed by atoms with Gasteiger partial charge in [-0.15, -0.1) is 0 Å². The van der Waals surface area contributed by atoms with Gasteiger partial charge >= 0.3 is 0 Å². The number of aryl methyl sites for hydroxylation is 1. The molecule has 0 saturated carbocycles. The number of benzene rings is 2. The van der Waals surface area contributed by atoms with Gasteiger partial charge in [0.2, 0.25) is 0 Å². The molecule has 1 heterocycles. The molecule has 1 aromatic heterocycles. The molecule has 0 bridgehead atoms. The Morgan fingerprint density at radius 3 is 2.95 bits per heavy atom. The number of aromatic nitrogens is 2. The molecule has 0 aliphatic heterocycles. The Hall–Kier alpha value is -2.62. The molecule has 1 aliphatic carbocycles. The van der Waals surface area contributed by atoms with Gasteiger partial charge in [-0.3, -0.25) is 5.10 Å². The Bertz CT molecular complexity index is 836. The van der Waals surface area contributed by atoms with Gasteiger partial charge in [-0.25, -0.2) is 4.39 Å². The van der Waals surface area contributed by atoms with Crippen LogP contribution < -0.4 is 5.32 Å². The molecule has 2 N–H and O–H groups in total. The molecule has 0 amide bonds. The van der Waals surface area contributed by atoms with Crippen LogP contribution in [0.25, 0.3) is 11.3 Å². The van der Waals surface area contributed by atoms with E-state index in [2.05, 4.69) is 40.6 Å². The summed E-state index contributed by atoms with van der Waals surface area (Å²) in [6.07, 6.45) is 0.846. The maximum absolute atomic E-state index is 13.3. The van der Waals surface area contributed by atoms with Gasteiger partial charge in [0.05, 0.1) is 5.69 Å². The molecule has 0 radical (unpaired) electrons. The van der Waals surface area contributed by atoms with Gasteiger partial charge in [0.25, 0.3) is 0 Å². The molecule has 0 fully saturated rings. The number of hydrogen-bond donors (Lipinski definition) is 2. The van der Waals surface area contributed by atoms with Crippen LogP contribution in [0.4, 0.5) is 15.9 Å². The summed E-state index contributed by atoms with van der Waals surface area (Å²) in [6.45, 7) is 2.08. The summed E-state index contributed by atoms with van der Waals surface area (Å²) in [4.78, 5) is 0. The van der Waals surface area contributed by atoms with Gasteiger partial charge in [-0.05, 0) is 36.8 Å². The second kappa shape index (κ2) is 4.45. The first kappa shape index (κ1) is 12.1. The zero-order valence-corrected chi connectivity index (χ0v) is 11.6. The van der Waals surface area contributed by atoms with Crippen LogP contribution in [0.15, 0.2) is 42.5 Å². The summed E-state index contributed by atoms with van der Waals surface area (Å²) >= 11 is 0. The molecule has 3 nitrogen and oxygen atoms in total. The molecular formula is C17H14FN3. The molecule has 21 heavy (non-hydrogen) atoms. The second-order valence-electron chi connectivity index (χ2n) is 5.40. The summed E-state index contributed by atoms with van der Waals surface area (Å²) in [5.41, 5.74) is 6.55. The molecule has 0 saturated heterocycles. The number of nitrogens with zero attached hydrogens (tertiary/aromatic N) is 1. The van der Waals surface area contributed by atoms with E-state index in [0.717, 1.165) is 23.5 Å². The van der Waals surface area contributed by atoms with E-state index in [1.54, 1.807) is 6.07 Å². The number of anilines is 2. The SMILES string of the molecule is Cc1ccc2c(c1)-c1n[nH]c(Nc3cccc(F)c3)c1C2. The fraction of sp³-hybridized carbons (Fsp3) is 0.118. The average molecular weight is 279 g/mol. The van der Waals surface area contributed by atoms with Crippen molar-refractivity contribution in [2.24, 2.45) is 0 Å². The van der Waals surface area contributed by atoms with E-state index in [1.807, 2.05) is 6.07 Å². The first-order chi connectivity index (χ1) is 10.2. The quantitative estimate of drug-likeness (QED) is 0.578. The molecule has 104 valence electrons. The van der Waals surface area contributed by atoms with E-state index in [1.165, 1.54) is 28.8 Å². The number of H-pyrrole nitrogens is 1. The van der Waals surface area contributed by atoms with E-state index in [-0.39, 0.29) is 5.82 Å². The number of aromatic amines is 1. The van der Waals surface area contributed by atoms with E-state index in [9.17, 15) is 4.39 Å². The Kier molecular flexibility index (Phi) is 2.57. The molecular weight excluding hydrogens is 265 g/mol. The number of nitrogens with one attached hydrogen (secondary N) is 2. The van der Waals surface area contributed by atoms with E-state index >= 15 is 0 Å². The Morgan fingerprint density at radius 2 is 2.10 bits per heavy atom. The summed E-state index contributed by atoms with van der Waals surface area (Å²) in [5.74, 6) is 0.583. The Balaban J connectivity index is 1.72.